The van der Waals surface area contributed by atoms with E-state index in [0.29, 0.717) is 36.1 Å². The van der Waals surface area contributed by atoms with Crippen LogP contribution in [0.4, 0.5) is 0 Å². The molecular weight excluding hydrogens is 312 g/mol. The molecular formula is C14H15BrO4. The summed E-state index contributed by atoms with van der Waals surface area (Å²) in [5.74, 6) is 0.389. The number of carbonyl (C=O) groups is 2. The first-order chi connectivity index (χ1) is 9.15. The van der Waals surface area contributed by atoms with Gasteiger partial charge >= 0.3 is 5.97 Å². The van der Waals surface area contributed by atoms with Gasteiger partial charge in [-0.25, -0.2) is 4.79 Å². The molecule has 0 N–H and O–H groups in total. The third-order valence-corrected chi connectivity index (χ3v) is 3.32. The lowest BCUT2D eigenvalue weighted by Crippen LogP contribution is -2.27. The monoisotopic (exact) mass is 326 g/mol. The highest BCUT2D eigenvalue weighted by Gasteiger charge is 2.30. The molecule has 19 heavy (non-hydrogen) atoms. The van der Waals surface area contributed by atoms with Crippen molar-refractivity contribution in [3.63, 3.8) is 0 Å². The lowest BCUT2D eigenvalue weighted by molar-refractivity contribution is -0.150. The van der Waals surface area contributed by atoms with Crippen LogP contribution in [-0.4, -0.2) is 29.8 Å². The topological polar surface area (TPSA) is 52.6 Å². The molecule has 0 saturated heterocycles. The number of ether oxygens (including phenoxy) is 2. The largest absolute Gasteiger partial charge is 0.478 e. The molecule has 5 heteroatoms. The molecule has 1 aliphatic heterocycles. The maximum Gasteiger partial charge on any atom is 0.347 e. The lowest BCUT2D eigenvalue weighted by atomic mass is 10.0. The second-order valence-electron chi connectivity index (χ2n) is 4.25. The van der Waals surface area contributed by atoms with Crippen molar-refractivity contribution in [1.29, 1.82) is 0 Å². The van der Waals surface area contributed by atoms with Crippen molar-refractivity contribution in [2.24, 2.45) is 0 Å². The maximum absolute atomic E-state index is 11.8. The van der Waals surface area contributed by atoms with Gasteiger partial charge in [0, 0.05) is 23.7 Å². The molecule has 2 rings (SSSR count). The molecule has 102 valence electrons. The highest BCUT2D eigenvalue weighted by atomic mass is 79.9. The summed E-state index contributed by atoms with van der Waals surface area (Å²) in [6, 6.07) is 5.28. The summed E-state index contributed by atoms with van der Waals surface area (Å²) in [6.07, 6.45) is 0.335. The highest BCUT2D eigenvalue weighted by molar-refractivity contribution is 9.09. The molecule has 0 aliphatic carbocycles. The summed E-state index contributed by atoms with van der Waals surface area (Å²) in [5.41, 5.74) is 1.55. The molecule has 1 heterocycles. The average molecular weight is 327 g/mol. The summed E-state index contributed by atoms with van der Waals surface area (Å²) in [4.78, 5) is 23.4. The van der Waals surface area contributed by atoms with E-state index in [-0.39, 0.29) is 11.8 Å². The van der Waals surface area contributed by atoms with Crippen LogP contribution in [0.1, 0.15) is 29.3 Å². The number of hydrogen-bond acceptors (Lipinski definition) is 4. The number of benzene rings is 1. The Kier molecular flexibility index (Phi) is 4.58. The SMILES string of the molecule is CCOC(=O)C1Cc2cc(C(=O)CCBr)ccc2O1. The standard InChI is InChI=1S/C14H15BrO4/c1-2-18-14(17)13-8-10-7-9(11(16)5-6-15)3-4-12(10)19-13/h3-4,7,13H,2,5-6,8H2,1H3. The molecule has 0 spiro atoms. The number of esters is 1. The molecule has 0 fully saturated rings. The van der Waals surface area contributed by atoms with Crippen molar-refractivity contribution in [2.45, 2.75) is 25.9 Å². The van der Waals surface area contributed by atoms with E-state index in [1.54, 1.807) is 25.1 Å². The van der Waals surface area contributed by atoms with Crippen LogP contribution in [0.2, 0.25) is 0 Å². The number of hydrogen-bond donors (Lipinski definition) is 0. The van der Waals surface area contributed by atoms with Crippen LogP contribution in [0.25, 0.3) is 0 Å². The van der Waals surface area contributed by atoms with Crippen molar-refractivity contribution >= 4 is 27.7 Å². The fraction of sp³-hybridized carbons (Fsp3) is 0.429. The zero-order valence-electron chi connectivity index (χ0n) is 10.6. The Labute approximate surface area is 120 Å². The Hall–Kier alpha value is -1.36. The van der Waals surface area contributed by atoms with E-state index < -0.39 is 6.10 Å². The fourth-order valence-corrected chi connectivity index (χ4v) is 2.38. The molecule has 0 aromatic heterocycles. The van der Waals surface area contributed by atoms with Gasteiger partial charge in [-0.2, -0.15) is 0 Å². The predicted molar refractivity (Wildman–Crippen MR) is 73.9 cm³/mol. The fourth-order valence-electron chi connectivity index (χ4n) is 2.02. The first-order valence-electron chi connectivity index (χ1n) is 6.21. The average Bonchev–Trinajstić information content (AvgIpc) is 2.82. The zero-order chi connectivity index (χ0) is 13.8. The minimum Gasteiger partial charge on any atom is -0.478 e. The second kappa shape index (κ2) is 6.19. The van der Waals surface area contributed by atoms with Crippen LogP contribution in [-0.2, 0) is 16.0 Å². The number of carbonyl (C=O) groups excluding carboxylic acids is 2. The van der Waals surface area contributed by atoms with Crippen molar-refractivity contribution in [2.75, 3.05) is 11.9 Å². The zero-order valence-corrected chi connectivity index (χ0v) is 12.2. The van der Waals surface area contributed by atoms with Crippen molar-refractivity contribution in [3.8, 4) is 5.75 Å². The summed E-state index contributed by atoms with van der Waals surface area (Å²) in [5, 5.41) is 0.644. The number of Topliss-reactive ketones (excluding diaryl/α,β-unsaturated/α-hetero) is 1. The third-order valence-electron chi connectivity index (χ3n) is 2.93. The van der Waals surface area contributed by atoms with E-state index in [4.69, 9.17) is 9.47 Å². The van der Waals surface area contributed by atoms with Gasteiger partial charge in [-0.05, 0) is 30.7 Å². The quantitative estimate of drug-likeness (QED) is 0.474. The van der Waals surface area contributed by atoms with Gasteiger partial charge in [-0.15, -0.1) is 0 Å². The van der Waals surface area contributed by atoms with Gasteiger partial charge in [-0.3, -0.25) is 4.79 Å². The van der Waals surface area contributed by atoms with Gasteiger partial charge in [0.1, 0.15) is 5.75 Å². The first kappa shape index (κ1) is 14.1. The number of rotatable bonds is 5. The van der Waals surface area contributed by atoms with Crippen LogP contribution in [0.5, 0.6) is 5.75 Å². The minimum absolute atomic E-state index is 0.0826. The minimum atomic E-state index is -0.587. The van der Waals surface area contributed by atoms with E-state index in [0.717, 1.165) is 5.56 Å². The molecule has 4 nitrogen and oxygen atoms in total. The Bertz CT molecular complexity index is 498. The predicted octanol–water partition coefficient (Wildman–Crippen LogP) is 2.52. The Morgan fingerprint density at radius 3 is 2.95 bits per heavy atom. The van der Waals surface area contributed by atoms with Crippen molar-refractivity contribution in [3.05, 3.63) is 29.3 Å². The molecule has 0 saturated carbocycles. The molecule has 1 aromatic rings. The van der Waals surface area contributed by atoms with E-state index in [1.165, 1.54) is 0 Å². The van der Waals surface area contributed by atoms with E-state index >= 15 is 0 Å². The highest BCUT2D eigenvalue weighted by Crippen LogP contribution is 2.30. The van der Waals surface area contributed by atoms with Crippen molar-refractivity contribution < 1.29 is 19.1 Å². The van der Waals surface area contributed by atoms with E-state index in [2.05, 4.69) is 15.9 Å². The summed E-state index contributed by atoms with van der Waals surface area (Å²) in [6.45, 7) is 2.10. The van der Waals surface area contributed by atoms with Gasteiger partial charge < -0.3 is 9.47 Å². The number of alkyl halides is 1. The summed E-state index contributed by atoms with van der Waals surface area (Å²) in [7, 11) is 0. The van der Waals surface area contributed by atoms with Crippen LogP contribution >= 0.6 is 15.9 Å². The van der Waals surface area contributed by atoms with Gasteiger partial charge in [0.2, 0.25) is 0 Å². The molecule has 1 aliphatic rings. The van der Waals surface area contributed by atoms with Gasteiger partial charge in [0.05, 0.1) is 6.61 Å². The number of halogens is 1. The molecule has 1 unspecified atom stereocenters. The Morgan fingerprint density at radius 1 is 1.47 bits per heavy atom. The van der Waals surface area contributed by atoms with Crippen LogP contribution in [0.3, 0.4) is 0 Å². The molecule has 0 radical (unpaired) electrons. The molecule has 1 aromatic carbocycles. The number of fused-ring (bicyclic) bond motifs is 1. The van der Waals surface area contributed by atoms with Crippen molar-refractivity contribution in [1.82, 2.24) is 0 Å². The van der Waals surface area contributed by atoms with Crippen LogP contribution in [0.15, 0.2) is 18.2 Å². The molecule has 0 amide bonds. The summed E-state index contributed by atoms with van der Waals surface area (Å²) < 4.78 is 10.5. The Morgan fingerprint density at radius 2 is 2.26 bits per heavy atom. The molecule has 1 atom stereocenters. The second-order valence-corrected chi connectivity index (χ2v) is 5.04. The first-order valence-corrected chi connectivity index (χ1v) is 7.33. The van der Waals surface area contributed by atoms with Gasteiger partial charge in [0.25, 0.3) is 0 Å². The van der Waals surface area contributed by atoms with Crippen LogP contribution in [0, 0.1) is 0 Å². The third kappa shape index (κ3) is 3.15. The molecule has 0 bridgehead atoms. The number of ketones is 1. The normalized spacial score (nSPS) is 16.6. The van der Waals surface area contributed by atoms with Crippen LogP contribution < -0.4 is 4.74 Å². The summed E-state index contributed by atoms with van der Waals surface area (Å²) >= 11 is 3.25. The van der Waals surface area contributed by atoms with Gasteiger partial charge in [-0.1, -0.05) is 15.9 Å². The smallest absolute Gasteiger partial charge is 0.347 e. The Balaban J connectivity index is 2.11. The van der Waals surface area contributed by atoms with E-state index in [1.807, 2.05) is 0 Å². The maximum atomic E-state index is 11.8. The van der Waals surface area contributed by atoms with Gasteiger partial charge in [0.15, 0.2) is 11.9 Å². The lowest BCUT2D eigenvalue weighted by Gasteiger charge is -2.08. The van der Waals surface area contributed by atoms with E-state index in [9.17, 15) is 9.59 Å².